The summed E-state index contributed by atoms with van der Waals surface area (Å²) in [6.07, 6.45) is -3.05. The zero-order valence-electron chi connectivity index (χ0n) is 7.04. The molecule has 7 heteroatoms. The van der Waals surface area contributed by atoms with Crippen molar-refractivity contribution in [2.45, 2.75) is 6.43 Å². The number of nitrogens with zero attached hydrogens (tertiary/aromatic N) is 2. The monoisotopic (exact) mass is 232 g/mol. The third-order valence-electron chi connectivity index (χ3n) is 1.56. The van der Waals surface area contributed by atoms with Crippen LogP contribution in [0.2, 0.25) is 0 Å². The molecule has 1 aromatic rings. The van der Waals surface area contributed by atoms with Crippen LogP contribution in [0, 0.1) is 11.3 Å². The van der Waals surface area contributed by atoms with Crippen molar-refractivity contribution in [1.29, 1.82) is 5.26 Å². The van der Waals surface area contributed by atoms with E-state index in [-0.39, 0.29) is 0 Å². The number of rotatable bonds is 2. The number of carbonyl (C=O) groups is 1. The van der Waals surface area contributed by atoms with E-state index in [0.29, 0.717) is 6.07 Å². The summed E-state index contributed by atoms with van der Waals surface area (Å²) in [6, 6.07) is 2.10. The Morgan fingerprint density at radius 3 is 2.67 bits per heavy atom. The molecule has 4 nitrogen and oxygen atoms in total. The molecule has 0 saturated carbocycles. The zero-order valence-corrected chi connectivity index (χ0v) is 7.79. The fraction of sp³-hybridized carbons (Fsp3) is 0.125. The predicted molar refractivity (Wildman–Crippen MR) is 45.8 cm³/mol. The maximum atomic E-state index is 12.4. The van der Waals surface area contributed by atoms with E-state index < -0.39 is 34.4 Å². The van der Waals surface area contributed by atoms with Gasteiger partial charge in [0.25, 0.3) is 11.7 Å². The molecule has 0 aliphatic rings. The van der Waals surface area contributed by atoms with E-state index in [2.05, 4.69) is 4.98 Å². The minimum Gasteiger partial charge on any atom is -0.505 e. The maximum absolute atomic E-state index is 12.4. The highest BCUT2D eigenvalue weighted by molar-refractivity contribution is 6.67. The van der Waals surface area contributed by atoms with Crippen molar-refractivity contribution >= 4 is 16.8 Å². The summed E-state index contributed by atoms with van der Waals surface area (Å²) in [7, 11) is 0. The predicted octanol–water partition coefficient (Wildman–Crippen LogP) is 1.98. The second-order valence-electron chi connectivity index (χ2n) is 2.48. The van der Waals surface area contributed by atoms with Crippen LogP contribution in [0.3, 0.4) is 0 Å². The largest absolute Gasteiger partial charge is 0.505 e. The van der Waals surface area contributed by atoms with E-state index in [4.69, 9.17) is 22.0 Å². The van der Waals surface area contributed by atoms with E-state index in [1.807, 2.05) is 0 Å². The van der Waals surface area contributed by atoms with Gasteiger partial charge in [-0.05, 0) is 17.7 Å². The van der Waals surface area contributed by atoms with E-state index in [1.54, 1.807) is 0 Å². The summed E-state index contributed by atoms with van der Waals surface area (Å²) in [5, 5.41) is 16.4. The van der Waals surface area contributed by atoms with Crippen LogP contribution in [0.25, 0.3) is 0 Å². The summed E-state index contributed by atoms with van der Waals surface area (Å²) < 4.78 is 24.7. The Morgan fingerprint density at radius 2 is 2.27 bits per heavy atom. The third-order valence-corrected chi connectivity index (χ3v) is 1.76. The number of aromatic hydroxyl groups is 1. The Hall–Kier alpha value is -1.74. The lowest BCUT2D eigenvalue weighted by atomic mass is 10.2. The molecule has 0 amide bonds. The standard InChI is InChI=1S/C8H3ClF2N2O2/c9-7(15)3-1-5(14)4(2-12)13-6(3)8(10)11/h1,8,14H. The lowest BCUT2D eigenvalue weighted by molar-refractivity contribution is 0.106. The second-order valence-corrected chi connectivity index (χ2v) is 2.82. The summed E-state index contributed by atoms with van der Waals surface area (Å²) in [4.78, 5) is 13.9. The van der Waals surface area contributed by atoms with Crippen molar-refractivity contribution in [3.05, 3.63) is 23.0 Å². The molecule has 0 aliphatic heterocycles. The number of hydrogen-bond donors (Lipinski definition) is 1. The van der Waals surface area contributed by atoms with E-state index >= 15 is 0 Å². The molecule has 0 bridgehead atoms. The fourth-order valence-corrected chi connectivity index (χ4v) is 1.07. The smallest absolute Gasteiger partial charge is 0.281 e. The maximum Gasteiger partial charge on any atom is 0.281 e. The number of pyridine rings is 1. The third kappa shape index (κ3) is 2.19. The van der Waals surface area contributed by atoms with Crippen molar-refractivity contribution in [3.63, 3.8) is 0 Å². The first kappa shape index (κ1) is 11.3. The van der Waals surface area contributed by atoms with Crippen LogP contribution in [0.15, 0.2) is 6.07 Å². The average Bonchev–Trinajstić information content (AvgIpc) is 2.16. The SMILES string of the molecule is N#Cc1nc(C(F)F)c(C(=O)Cl)cc1O. The highest BCUT2D eigenvalue weighted by atomic mass is 35.5. The van der Waals surface area contributed by atoms with Crippen LogP contribution in [-0.2, 0) is 0 Å². The van der Waals surface area contributed by atoms with Crippen LogP contribution in [0.4, 0.5) is 8.78 Å². The van der Waals surface area contributed by atoms with Gasteiger partial charge in [-0.2, -0.15) is 5.26 Å². The molecule has 0 atom stereocenters. The highest BCUT2D eigenvalue weighted by Crippen LogP contribution is 2.27. The van der Waals surface area contributed by atoms with Crippen LogP contribution in [0.1, 0.15) is 28.2 Å². The Labute approximate surface area is 87.7 Å². The summed E-state index contributed by atoms with van der Waals surface area (Å²) >= 11 is 5.01. The van der Waals surface area contributed by atoms with Gasteiger partial charge in [-0.25, -0.2) is 13.8 Å². The van der Waals surface area contributed by atoms with E-state index in [1.165, 1.54) is 6.07 Å². The molecule has 0 fully saturated rings. The molecule has 0 aliphatic carbocycles. The summed E-state index contributed by atoms with van der Waals surface area (Å²) in [6.45, 7) is 0. The highest BCUT2D eigenvalue weighted by Gasteiger charge is 2.22. The van der Waals surface area contributed by atoms with Crippen LogP contribution < -0.4 is 0 Å². The molecule has 1 heterocycles. The molecule has 78 valence electrons. The first-order valence-electron chi connectivity index (χ1n) is 3.59. The molecular weight excluding hydrogens is 230 g/mol. The number of halogens is 3. The molecule has 15 heavy (non-hydrogen) atoms. The molecular formula is C8H3ClF2N2O2. The molecule has 1 N–H and O–H groups in total. The van der Waals surface area contributed by atoms with Crippen molar-refractivity contribution in [3.8, 4) is 11.8 Å². The van der Waals surface area contributed by atoms with Gasteiger partial charge in [0, 0.05) is 0 Å². The van der Waals surface area contributed by atoms with Gasteiger partial charge in [0.05, 0.1) is 5.56 Å². The number of hydrogen-bond acceptors (Lipinski definition) is 4. The van der Waals surface area contributed by atoms with Crippen molar-refractivity contribution < 1.29 is 18.7 Å². The first-order valence-corrected chi connectivity index (χ1v) is 3.97. The molecule has 0 radical (unpaired) electrons. The van der Waals surface area contributed by atoms with Gasteiger partial charge in [0.1, 0.15) is 11.8 Å². The lowest BCUT2D eigenvalue weighted by Gasteiger charge is -2.05. The Kier molecular flexibility index (Phi) is 3.17. The second kappa shape index (κ2) is 4.19. The number of aromatic nitrogens is 1. The van der Waals surface area contributed by atoms with Crippen molar-refractivity contribution in [2.24, 2.45) is 0 Å². The minimum absolute atomic E-state index is 0.577. The average molecular weight is 233 g/mol. The topological polar surface area (TPSA) is 74.0 Å². The van der Waals surface area contributed by atoms with Crippen LogP contribution >= 0.6 is 11.6 Å². The van der Waals surface area contributed by atoms with Gasteiger partial charge in [0.2, 0.25) is 0 Å². The summed E-state index contributed by atoms with van der Waals surface area (Å²) in [5.74, 6) is -0.661. The van der Waals surface area contributed by atoms with E-state index in [9.17, 15) is 13.6 Å². The van der Waals surface area contributed by atoms with E-state index in [0.717, 1.165) is 0 Å². The number of carbonyl (C=O) groups excluding carboxylic acids is 1. The van der Waals surface area contributed by atoms with Gasteiger partial charge in [0.15, 0.2) is 11.4 Å². The molecule has 0 aromatic carbocycles. The van der Waals surface area contributed by atoms with Gasteiger partial charge < -0.3 is 5.11 Å². The Balaban J connectivity index is 3.47. The van der Waals surface area contributed by atoms with Crippen LogP contribution in [0.5, 0.6) is 5.75 Å². The molecule has 1 aromatic heterocycles. The number of nitriles is 1. The molecule has 0 unspecified atom stereocenters. The molecule has 0 spiro atoms. The zero-order chi connectivity index (χ0) is 11.6. The quantitative estimate of drug-likeness (QED) is 0.791. The number of alkyl halides is 2. The first-order chi connectivity index (χ1) is 6.97. The van der Waals surface area contributed by atoms with Crippen molar-refractivity contribution in [1.82, 2.24) is 4.98 Å². The van der Waals surface area contributed by atoms with Gasteiger partial charge in [-0.3, -0.25) is 4.79 Å². The normalized spacial score (nSPS) is 10.1. The van der Waals surface area contributed by atoms with Gasteiger partial charge in [-0.15, -0.1) is 0 Å². The molecule has 0 saturated heterocycles. The lowest BCUT2D eigenvalue weighted by Crippen LogP contribution is -2.03. The molecule has 1 rings (SSSR count). The van der Waals surface area contributed by atoms with Gasteiger partial charge in [-0.1, -0.05) is 0 Å². The Bertz CT molecular complexity index is 457. The minimum atomic E-state index is -3.05. The van der Waals surface area contributed by atoms with Gasteiger partial charge >= 0.3 is 0 Å². The fourth-order valence-electron chi connectivity index (χ4n) is 0.923. The summed E-state index contributed by atoms with van der Waals surface area (Å²) in [5.41, 5.74) is -2.10. The Morgan fingerprint density at radius 1 is 1.67 bits per heavy atom. The van der Waals surface area contributed by atoms with Crippen molar-refractivity contribution in [2.75, 3.05) is 0 Å². The van der Waals surface area contributed by atoms with Crippen LogP contribution in [-0.4, -0.2) is 15.3 Å².